The number of amides is 1. The number of halogens is 2. The highest BCUT2D eigenvalue weighted by Gasteiger charge is 2.25. The summed E-state index contributed by atoms with van der Waals surface area (Å²) in [6.45, 7) is 4.62. The summed E-state index contributed by atoms with van der Waals surface area (Å²) < 4.78 is 22.7. The lowest BCUT2D eigenvalue weighted by molar-refractivity contribution is 0.0944. The van der Waals surface area contributed by atoms with E-state index in [-0.39, 0.29) is 24.2 Å². The zero-order valence-corrected chi connectivity index (χ0v) is 23.3. The van der Waals surface area contributed by atoms with Crippen molar-refractivity contribution in [3.05, 3.63) is 88.2 Å². The molecule has 1 saturated carbocycles. The normalized spacial score (nSPS) is 15.9. The van der Waals surface area contributed by atoms with Crippen molar-refractivity contribution in [3.8, 4) is 5.88 Å². The van der Waals surface area contributed by atoms with Crippen LogP contribution in [0, 0.1) is 11.7 Å². The first-order valence-electron chi connectivity index (χ1n) is 14.0. The van der Waals surface area contributed by atoms with Crippen LogP contribution in [0.5, 0.6) is 5.88 Å². The van der Waals surface area contributed by atoms with Crippen molar-refractivity contribution in [2.75, 3.05) is 24.6 Å². The van der Waals surface area contributed by atoms with Gasteiger partial charge in [-0.3, -0.25) is 9.20 Å². The molecule has 208 valence electrons. The molecule has 0 atom stereocenters. The highest BCUT2D eigenvalue weighted by Crippen LogP contribution is 2.33. The summed E-state index contributed by atoms with van der Waals surface area (Å²) in [4.78, 5) is 24.4. The Balaban J connectivity index is 1.05. The van der Waals surface area contributed by atoms with Gasteiger partial charge in [-0.15, -0.1) is 0 Å². The molecular formula is C31H33ClFN5O2. The van der Waals surface area contributed by atoms with E-state index >= 15 is 4.39 Å². The average Bonchev–Trinajstić information content (AvgIpc) is 3.74. The van der Waals surface area contributed by atoms with Gasteiger partial charge in [-0.25, -0.2) is 14.4 Å². The standard InChI is InChI=1S/C31H33ClFN5O2/c1-2-27-30(38-18-23(32)6-9-28(38)36-27)31(39)35-16-21-5-8-25(26(33)15-21)22-11-13-37(14-12-22)24-7-10-29(34-17-24)40-19-20-3-4-20/h5-10,15,17-18,20,22H,2-4,11-14,16,19H2,1H3,(H,35,39). The zero-order chi connectivity index (χ0) is 27.6. The van der Waals surface area contributed by atoms with Crippen molar-refractivity contribution in [1.82, 2.24) is 19.7 Å². The first-order chi connectivity index (χ1) is 19.5. The first-order valence-corrected chi connectivity index (χ1v) is 14.4. The third-order valence-electron chi connectivity index (χ3n) is 7.91. The van der Waals surface area contributed by atoms with Gasteiger partial charge in [-0.05, 0) is 79.3 Å². The van der Waals surface area contributed by atoms with E-state index in [0.717, 1.165) is 43.8 Å². The van der Waals surface area contributed by atoms with Gasteiger partial charge < -0.3 is 15.0 Å². The van der Waals surface area contributed by atoms with Crippen molar-refractivity contribution in [3.63, 3.8) is 0 Å². The van der Waals surface area contributed by atoms with Gasteiger partial charge in [-0.2, -0.15) is 0 Å². The fourth-order valence-corrected chi connectivity index (χ4v) is 5.57. The molecule has 0 bridgehead atoms. The van der Waals surface area contributed by atoms with Crippen LogP contribution in [0.1, 0.15) is 65.8 Å². The predicted molar refractivity (Wildman–Crippen MR) is 154 cm³/mol. The number of nitrogens with one attached hydrogen (secondary N) is 1. The molecule has 1 aromatic carbocycles. The van der Waals surface area contributed by atoms with Crippen LogP contribution in [0.2, 0.25) is 5.02 Å². The van der Waals surface area contributed by atoms with Crippen molar-refractivity contribution in [2.45, 2.75) is 51.5 Å². The van der Waals surface area contributed by atoms with Crippen LogP contribution < -0.4 is 15.0 Å². The molecule has 1 aliphatic heterocycles. The van der Waals surface area contributed by atoms with Crippen LogP contribution in [-0.2, 0) is 13.0 Å². The van der Waals surface area contributed by atoms with Gasteiger partial charge >= 0.3 is 0 Å². The van der Waals surface area contributed by atoms with E-state index in [0.29, 0.717) is 45.8 Å². The maximum atomic E-state index is 15.2. The molecule has 9 heteroatoms. The molecule has 2 fully saturated rings. The number of carbonyl (C=O) groups is 1. The van der Waals surface area contributed by atoms with E-state index in [2.05, 4.69) is 26.3 Å². The summed E-state index contributed by atoms with van der Waals surface area (Å²) >= 11 is 6.15. The zero-order valence-electron chi connectivity index (χ0n) is 22.6. The minimum absolute atomic E-state index is 0.156. The number of carbonyl (C=O) groups excluding carboxylic acids is 1. The fourth-order valence-electron chi connectivity index (χ4n) is 5.41. The molecule has 1 amide bonds. The van der Waals surface area contributed by atoms with E-state index in [4.69, 9.17) is 16.3 Å². The number of hydrogen-bond acceptors (Lipinski definition) is 5. The first kappa shape index (κ1) is 26.6. The van der Waals surface area contributed by atoms with Gasteiger partial charge in [0.05, 0.1) is 29.2 Å². The molecule has 1 N–H and O–H groups in total. The van der Waals surface area contributed by atoms with E-state index < -0.39 is 0 Å². The van der Waals surface area contributed by atoms with Gasteiger partial charge in [0.1, 0.15) is 17.2 Å². The van der Waals surface area contributed by atoms with E-state index in [1.165, 1.54) is 12.8 Å². The Morgan fingerprint density at radius 2 is 1.95 bits per heavy atom. The predicted octanol–water partition coefficient (Wildman–Crippen LogP) is 6.19. The van der Waals surface area contributed by atoms with E-state index in [1.54, 1.807) is 28.8 Å². The number of aromatic nitrogens is 3. The van der Waals surface area contributed by atoms with E-state index in [1.807, 2.05) is 31.3 Å². The quantitative estimate of drug-likeness (QED) is 0.264. The fraction of sp³-hybridized carbons (Fsp3) is 0.387. The van der Waals surface area contributed by atoms with Crippen LogP contribution in [0.4, 0.5) is 10.1 Å². The van der Waals surface area contributed by atoms with Crippen LogP contribution in [0.25, 0.3) is 5.65 Å². The maximum absolute atomic E-state index is 15.2. The number of fused-ring (bicyclic) bond motifs is 1. The summed E-state index contributed by atoms with van der Waals surface area (Å²) in [6, 6.07) is 12.9. The Labute approximate surface area is 238 Å². The maximum Gasteiger partial charge on any atom is 0.270 e. The van der Waals surface area contributed by atoms with Crippen LogP contribution in [0.15, 0.2) is 54.9 Å². The number of anilines is 1. The molecule has 2 aliphatic rings. The molecule has 4 aromatic rings. The number of nitrogens with zero attached hydrogens (tertiary/aromatic N) is 4. The Bertz CT molecular complexity index is 1510. The number of aryl methyl sites for hydroxylation is 1. The van der Waals surface area contributed by atoms with Gasteiger partial charge in [0.15, 0.2) is 0 Å². The number of imidazole rings is 1. The third-order valence-corrected chi connectivity index (χ3v) is 8.13. The van der Waals surface area contributed by atoms with E-state index in [9.17, 15) is 4.79 Å². The number of ether oxygens (including phenoxy) is 1. The lowest BCUT2D eigenvalue weighted by atomic mass is 9.88. The van der Waals surface area contributed by atoms with Crippen LogP contribution in [0.3, 0.4) is 0 Å². The monoisotopic (exact) mass is 561 g/mol. The summed E-state index contributed by atoms with van der Waals surface area (Å²) in [6.07, 6.45) is 8.42. The molecule has 1 saturated heterocycles. The lowest BCUT2D eigenvalue weighted by Gasteiger charge is -2.33. The van der Waals surface area contributed by atoms with Gasteiger partial charge in [0.2, 0.25) is 5.88 Å². The molecule has 3 aromatic heterocycles. The SMILES string of the molecule is CCc1nc2ccc(Cl)cn2c1C(=O)NCc1ccc(C2CCN(c3ccc(OCC4CC4)nc3)CC2)c(F)c1. The summed E-state index contributed by atoms with van der Waals surface area (Å²) in [7, 11) is 0. The second-order valence-electron chi connectivity index (χ2n) is 10.7. The Morgan fingerprint density at radius 1 is 1.12 bits per heavy atom. The molecule has 0 unspecified atom stereocenters. The average molecular weight is 562 g/mol. The van der Waals surface area contributed by atoms with Crippen molar-refractivity contribution >= 4 is 28.8 Å². The number of rotatable bonds is 9. The lowest BCUT2D eigenvalue weighted by Crippen LogP contribution is -2.33. The largest absolute Gasteiger partial charge is 0.477 e. The molecule has 4 heterocycles. The molecule has 0 spiro atoms. The summed E-state index contributed by atoms with van der Waals surface area (Å²) in [5.41, 5.74) is 4.34. The highest BCUT2D eigenvalue weighted by atomic mass is 35.5. The topological polar surface area (TPSA) is 71.8 Å². The molecule has 7 nitrogen and oxygen atoms in total. The molecule has 0 radical (unpaired) electrons. The molecular weight excluding hydrogens is 529 g/mol. The highest BCUT2D eigenvalue weighted by molar-refractivity contribution is 6.30. The second kappa shape index (κ2) is 11.5. The molecule has 40 heavy (non-hydrogen) atoms. The number of piperidine rings is 1. The number of pyridine rings is 2. The molecule has 1 aliphatic carbocycles. The Morgan fingerprint density at radius 3 is 2.65 bits per heavy atom. The van der Waals surface area contributed by atoms with Gasteiger partial charge in [0, 0.05) is 31.9 Å². The van der Waals surface area contributed by atoms with Crippen molar-refractivity contribution < 1.29 is 13.9 Å². The summed E-state index contributed by atoms with van der Waals surface area (Å²) in [5, 5.41) is 3.45. The van der Waals surface area contributed by atoms with Gasteiger partial charge in [0.25, 0.3) is 5.91 Å². The third kappa shape index (κ3) is 5.77. The van der Waals surface area contributed by atoms with Crippen LogP contribution in [-0.4, -0.2) is 40.0 Å². The Kier molecular flexibility index (Phi) is 7.61. The minimum atomic E-state index is -0.263. The molecule has 6 rings (SSSR count). The number of hydrogen-bond donors (Lipinski definition) is 1. The number of benzene rings is 1. The van der Waals surface area contributed by atoms with Crippen molar-refractivity contribution in [1.29, 1.82) is 0 Å². The smallest absolute Gasteiger partial charge is 0.270 e. The van der Waals surface area contributed by atoms with Crippen molar-refractivity contribution in [2.24, 2.45) is 5.92 Å². The van der Waals surface area contributed by atoms with Gasteiger partial charge in [-0.1, -0.05) is 30.7 Å². The Hall–Kier alpha value is -3.65. The summed E-state index contributed by atoms with van der Waals surface area (Å²) in [5.74, 6) is 1.05. The minimum Gasteiger partial charge on any atom is -0.477 e. The second-order valence-corrected chi connectivity index (χ2v) is 11.2. The van der Waals surface area contributed by atoms with Crippen LogP contribution >= 0.6 is 11.6 Å².